The van der Waals surface area contributed by atoms with Crippen LogP contribution >= 0.6 is 11.8 Å². The number of likely N-dealkylation sites (tertiary alicyclic amines) is 1. The lowest BCUT2D eigenvalue weighted by Gasteiger charge is -2.24. The van der Waals surface area contributed by atoms with E-state index in [0.717, 1.165) is 44.7 Å². The van der Waals surface area contributed by atoms with E-state index < -0.39 is 0 Å². The minimum atomic E-state index is 0.331. The van der Waals surface area contributed by atoms with Crippen molar-refractivity contribution in [2.75, 3.05) is 30.8 Å². The number of thioether (sulfide) groups is 1. The fourth-order valence-electron chi connectivity index (χ4n) is 2.94. The molecule has 1 amide bonds. The van der Waals surface area contributed by atoms with Gasteiger partial charge in [-0.2, -0.15) is 0 Å². The number of carbonyl (C=O) groups is 1. The standard InChI is InChI=1S/C14H19N3OS/c1-19-12-4-5-13(15-9-12)16-8-6-11(10-16)17-7-2-3-14(17)18/h4-5,9,11H,2-3,6-8,10H2,1H3. The molecule has 3 rings (SSSR count). The number of hydrogen-bond donors (Lipinski definition) is 0. The molecule has 0 radical (unpaired) electrons. The van der Waals surface area contributed by atoms with E-state index in [1.54, 1.807) is 11.8 Å². The first-order chi connectivity index (χ1) is 9.28. The Hall–Kier alpha value is -1.23. The van der Waals surface area contributed by atoms with Gasteiger partial charge in [0.05, 0.1) is 6.04 Å². The highest BCUT2D eigenvalue weighted by Crippen LogP contribution is 2.25. The number of hydrogen-bond acceptors (Lipinski definition) is 4. The summed E-state index contributed by atoms with van der Waals surface area (Å²) in [7, 11) is 0. The van der Waals surface area contributed by atoms with Crippen molar-refractivity contribution >= 4 is 23.5 Å². The summed E-state index contributed by atoms with van der Waals surface area (Å²) in [4.78, 5) is 21.8. The molecule has 2 aliphatic heterocycles. The van der Waals surface area contributed by atoms with E-state index in [0.29, 0.717) is 11.9 Å². The van der Waals surface area contributed by atoms with Gasteiger partial charge >= 0.3 is 0 Å². The van der Waals surface area contributed by atoms with Crippen LogP contribution in [0.15, 0.2) is 23.2 Å². The average molecular weight is 277 g/mol. The molecule has 102 valence electrons. The molecule has 2 saturated heterocycles. The lowest BCUT2D eigenvalue weighted by Crippen LogP contribution is -2.38. The van der Waals surface area contributed by atoms with Crippen LogP contribution in [0, 0.1) is 0 Å². The predicted molar refractivity (Wildman–Crippen MR) is 77.6 cm³/mol. The molecule has 2 fully saturated rings. The van der Waals surface area contributed by atoms with Crippen LogP contribution in [0.5, 0.6) is 0 Å². The SMILES string of the molecule is CSc1ccc(N2CCC(N3CCCC3=O)C2)nc1. The first-order valence-corrected chi connectivity index (χ1v) is 8.05. The van der Waals surface area contributed by atoms with Crippen LogP contribution in [-0.4, -0.2) is 47.7 Å². The smallest absolute Gasteiger partial charge is 0.222 e. The number of aromatic nitrogens is 1. The van der Waals surface area contributed by atoms with Gasteiger partial charge in [0.1, 0.15) is 5.82 Å². The molecule has 19 heavy (non-hydrogen) atoms. The van der Waals surface area contributed by atoms with Crippen molar-refractivity contribution in [2.45, 2.75) is 30.2 Å². The highest BCUT2D eigenvalue weighted by atomic mass is 32.2. The zero-order valence-corrected chi connectivity index (χ0v) is 12.0. The molecule has 0 aliphatic carbocycles. The van der Waals surface area contributed by atoms with Gasteiger partial charge in [0.15, 0.2) is 0 Å². The number of amides is 1. The molecule has 0 saturated carbocycles. The number of rotatable bonds is 3. The Kier molecular flexibility index (Phi) is 3.64. The first kappa shape index (κ1) is 12.8. The van der Waals surface area contributed by atoms with Crippen molar-refractivity contribution in [1.29, 1.82) is 0 Å². The first-order valence-electron chi connectivity index (χ1n) is 6.82. The molecule has 0 N–H and O–H groups in total. The summed E-state index contributed by atoms with van der Waals surface area (Å²) in [5, 5.41) is 0. The van der Waals surface area contributed by atoms with Crippen molar-refractivity contribution in [3.05, 3.63) is 18.3 Å². The zero-order valence-electron chi connectivity index (χ0n) is 11.2. The Morgan fingerprint density at radius 2 is 2.26 bits per heavy atom. The van der Waals surface area contributed by atoms with E-state index in [2.05, 4.69) is 33.2 Å². The molecular formula is C14H19N3OS. The molecule has 0 bridgehead atoms. The molecule has 2 aliphatic rings. The van der Waals surface area contributed by atoms with Crippen molar-refractivity contribution in [3.8, 4) is 0 Å². The molecule has 1 aromatic rings. The van der Waals surface area contributed by atoms with Gasteiger partial charge in [-0.3, -0.25) is 4.79 Å². The van der Waals surface area contributed by atoms with Crippen molar-refractivity contribution in [1.82, 2.24) is 9.88 Å². The number of anilines is 1. The Morgan fingerprint density at radius 1 is 1.37 bits per heavy atom. The van der Waals surface area contributed by atoms with E-state index in [9.17, 15) is 4.79 Å². The minimum Gasteiger partial charge on any atom is -0.354 e. The van der Waals surface area contributed by atoms with Crippen LogP contribution in [0.4, 0.5) is 5.82 Å². The minimum absolute atomic E-state index is 0.331. The van der Waals surface area contributed by atoms with Crippen LogP contribution in [0.2, 0.25) is 0 Å². The molecular weight excluding hydrogens is 258 g/mol. The second-order valence-corrected chi connectivity index (χ2v) is 6.02. The molecule has 1 unspecified atom stereocenters. The fourth-order valence-corrected chi connectivity index (χ4v) is 3.30. The van der Waals surface area contributed by atoms with Crippen LogP contribution in [-0.2, 0) is 4.79 Å². The lowest BCUT2D eigenvalue weighted by atomic mass is 10.2. The zero-order chi connectivity index (χ0) is 13.2. The fraction of sp³-hybridized carbons (Fsp3) is 0.571. The molecule has 1 atom stereocenters. The van der Waals surface area contributed by atoms with Gasteiger partial charge in [-0.25, -0.2) is 4.98 Å². The summed E-state index contributed by atoms with van der Waals surface area (Å²) in [6.45, 7) is 2.87. The highest BCUT2D eigenvalue weighted by molar-refractivity contribution is 7.98. The molecule has 3 heterocycles. The van der Waals surface area contributed by atoms with Gasteiger partial charge < -0.3 is 9.80 Å². The monoisotopic (exact) mass is 277 g/mol. The molecule has 1 aromatic heterocycles. The van der Waals surface area contributed by atoms with Gasteiger partial charge in [0.25, 0.3) is 0 Å². The van der Waals surface area contributed by atoms with Crippen molar-refractivity contribution < 1.29 is 4.79 Å². The second kappa shape index (κ2) is 5.41. The van der Waals surface area contributed by atoms with E-state index in [1.807, 2.05) is 6.20 Å². The van der Waals surface area contributed by atoms with Crippen molar-refractivity contribution in [2.24, 2.45) is 0 Å². The quantitative estimate of drug-likeness (QED) is 0.792. The maximum absolute atomic E-state index is 11.8. The molecule has 5 heteroatoms. The summed E-state index contributed by atoms with van der Waals surface area (Å²) < 4.78 is 0. The van der Waals surface area contributed by atoms with Gasteiger partial charge in [0.2, 0.25) is 5.91 Å². The maximum atomic E-state index is 11.8. The van der Waals surface area contributed by atoms with E-state index >= 15 is 0 Å². The normalized spacial score (nSPS) is 23.4. The van der Waals surface area contributed by atoms with E-state index in [4.69, 9.17) is 0 Å². The molecule has 4 nitrogen and oxygen atoms in total. The Labute approximate surface area is 118 Å². The van der Waals surface area contributed by atoms with E-state index in [1.165, 1.54) is 4.90 Å². The number of carbonyl (C=O) groups excluding carboxylic acids is 1. The Balaban J connectivity index is 1.66. The predicted octanol–water partition coefficient (Wildman–Crippen LogP) is 2.00. The summed E-state index contributed by atoms with van der Waals surface area (Å²) in [6, 6.07) is 4.58. The van der Waals surface area contributed by atoms with Crippen LogP contribution in [0.3, 0.4) is 0 Å². The average Bonchev–Trinajstić information content (AvgIpc) is 3.07. The van der Waals surface area contributed by atoms with Crippen LogP contribution in [0.25, 0.3) is 0 Å². The third-order valence-corrected chi connectivity index (χ3v) is 4.71. The highest BCUT2D eigenvalue weighted by Gasteiger charge is 2.33. The molecule has 0 aromatic carbocycles. The second-order valence-electron chi connectivity index (χ2n) is 5.14. The Bertz CT molecular complexity index is 462. The topological polar surface area (TPSA) is 36.4 Å². The molecule has 0 spiro atoms. The summed E-state index contributed by atoms with van der Waals surface area (Å²) in [6.07, 6.45) is 6.81. The third kappa shape index (κ3) is 2.56. The van der Waals surface area contributed by atoms with Crippen LogP contribution in [0.1, 0.15) is 19.3 Å². The third-order valence-electron chi connectivity index (χ3n) is 3.99. The summed E-state index contributed by atoms with van der Waals surface area (Å²) >= 11 is 1.71. The van der Waals surface area contributed by atoms with Gasteiger partial charge in [-0.05, 0) is 31.2 Å². The largest absolute Gasteiger partial charge is 0.354 e. The van der Waals surface area contributed by atoms with E-state index in [-0.39, 0.29) is 0 Å². The van der Waals surface area contributed by atoms with Gasteiger partial charge in [-0.15, -0.1) is 11.8 Å². The van der Waals surface area contributed by atoms with Crippen molar-refractivity contribution in [3.63, 3.8) is 0 Å². The Morgan fingerprint density at radius 3 is 2.89 bits per heavy atom. The number of nitrogens with zero attached hydrogens (tertiary/aromatic N) is 3. The van der Waals surface area contributed by atoms with Crippen LogP contribution < -0.4 is 4.90 Å². The van der Waals surface area contributed by atoms with Gasteiger partial charge in [0, 0.05) is 37.1 Å². The number of pyridine rings is 1. The van der Waals surface area contributed by atoms with Gasteiger partial charge in [-0.1, -0.05) is 0 Å². The summed E-state index contributed by atoms with van der Waals surface area (Å²) in [5.74, 6) is 1.37. The summed E-state index contributed by atoms with van der Waals surface area (Å²) in [5.41, 5.74) is 0. The lowest BCUT2D eigenvalue weighted by molar-refractivity contribution is -0.129. The maximum Gasteiger partial charge on any atom is 0.222 e.